The van der Waals surface area contributed by atoms with Crippen molar-refractivity contribution >= 4 is 21.4 Å². The van der Waals surface area contributed by atoms with Crippen molar-refractivity contribution < 1.29 is 13.2 Å². The number of hydrogen-bond acceptors (Lipinski definition) is 5. The van der Waals surface area contributed by atoms with E-state index in [1.165, 1.54) is 15.6 Å². The molecule has 19 heavy (non-hydrogen) atoms. The third-order valence-electron chi connectivity index (χ3n) is 2.78. The van der Waals surface area contributed by atoms with Crippen LogP contribution in [0, 0.1) is 6.92 Å². The van der Waals surface area contributed by atoms with Gasteiger partial charge < -0.3 is 10.1 Å². The van der Waals surface area contributed by atoms with Crippen LogP contribution < -0.4 is 5.32 Å². The lowest BCUT2D eigenvalue weighted by Crippen LogP contribution is -2.28. The van der Waals surface area contributed by atoms with E-state index in [2.05, 4.69) is 5.32 Å². The molecule has 0 saturated heterocycles. The van der Waals surface area contributed by atoms with Crippen molar-refractivity contribution in [1.29, 1.82) is 0 Å². The predicted molar refractivity (Wildman–Crippen MR) is 78.1 cm³/mol. The topological polar surface area (TPSA) is 58.6 Å². The monoisotopic (exact) mass is 306 g/mol. The van der Waals surface area contributed by atoms with E-state index in [9.17, 15) is 8.42 Å². The van der Waals surface area contributed by atoms with Crippen LogP contribution in [0.15, 0.2) is 11.0 Å². The fraction of sp³-hybridized carbons (Fsp3) is 0.667. The Balaban J connectivity index is 2.86. The zero-order valence-corrected chi connectivity index (χ0v) is 13.5. The van der Waals surface area contributed by atoms with Gasteiger partial charge in [-0.05, 0) is 26.5 Å². The number of aryl methyl sites for hydroxylation is 1. The number of ether oxygens (including phenoxy) is 1. The predicted octanol–water partition coefficient (Wildman–Crippen LogP) is 1.43. The summed E-state index contributed by atoms with van der Waals surface area (Å²) < 4.78 is 31.2. The molecule has 0 atom stereocenters. The average Bonchev–Trinajstić information content (AvgIpc) is 2.71. The molecule has 0 aliphatic rings. The van der Waals surface area contributed by atoms with Gasteiger partial charge in [-0.25, -0.2) is 12.7 Å². The molecular weight excluding hydrogens is 284 g/mol. The summed E-state index contributed by atoms with van der Waals surface area (Å²) in [5, 5.41) is 3.03. The summed E-state index contributed by atoms with van der Waals surface area (Å²) in [5.41, 5.74) is 0. The van der Waals surface area contributed by atoms with E-state index in [1.54, 1.807) is 20.2 Å². The summed E-state index contributed by atoms with van der Waals surface area (Å²) in [5.74, 6) is 0. The molecule has 1 N–H and O–H groups in total. The van der Waals surface area contributed by atoms with Gasteiger partial charge in [0.15, 0.2) is 0 Å². The standard InChI is InChI=1S/C12H22N2O3S2/c1-10-12(8-11(18-10)9-13-2)19(15,16)14(3)6-5-7-17-4/h8,13H,5-7,9H2,1-4H3. The van der Waals surface area contributed by atoms with Gasteiger partial charge in [-0.3, -0.25) is 0 Å². The van der Waals surface area contributed by atoms with Crippen LogP contribution in [0.5, 0.6) is 0 Å². The Hall–Kier alpha value is -0.470. The van der Waals surface area contributed by atoms with Crippen molar-refractivity contribution in [2.75, 3.05) is 34.4 Å². The Labute approximate surface area is 119 Å². The van der Waals surface area contributed by atoms with Gasteiger partial charge in [0, 0.05) is 43.6 Å². The van der Waals surface area contributed by atoms with E-state index in [-0.39, 0.29) is 0 Å². The van der Waals surface area contributed by atoms with Crippen LogP contribution in [0.2, 0.25) is 0 Å². The number of sulfonamides is 1. The molecule has 0 spiro atoms. The number of nitrogens with one attached hydrogen (secondary N) is 1. The van der Waals surface area contributed by atoms with Gasteiger partial charge >= 0.3 is 0 Å². The second-order valence-corrected chi connectivity index (χ2v) is 7.69. The number of nitrogens with zero attached hydrogens (tertiary/aromatic N) is 1. The molecule has 1 rings (SSSR count). The first-order valence-electron chi connectivity index (χ1n) is 6.12. The van der Waals surface area contributed by atoms with Crippen LogP contribution in [-0.4, -0.2) is 47.1 Å². The second-order valence-electron chi connectivity index (χ2n) is 4.34. The van der Waals surface area contributed by atoms with Crippen molar-refractivity contribution in [3.8, 4) is 0 Å². The van der Waals surface area contributed by atoms with Crippen LogP contribution >= 0.6 is 11.3 Å². The number of rotatable bonds is 8. The molecule has 0 aliphatic heterocycles. The van der Waals surface area contributed by atoms with Gasteiger partial charge in [-0.2, -0.15) is 0 Å². The molecule has 0 saturated carbocycles. The van der Waals surface area contributed by atoms with Gasteiger partial charge in [0.05, 0.1) is 4.90 Å². The van der Waals surface area contributed by atoms with Crippen LogP contribution in [0.25, 0.3) is 0 Å². The van der Waals surface area contributed by atoms with E-state index in [0.29, 0.717) is 31.0 Å². The molecule has 0 bridgehead atoms. The molecule has 1 aromatic heterocycles. The molecule has 0 unspecified atom stereocenters. The summed E-state index contributed by atoms with van der Waals surface area (Å²) in [6.07, 6.45) is 0.693. The molecule has 7 heteroatoms. The third-order valence-corrected chi connectivity index (χ3v) is 5.95. The van der Waals surface area contributed by atoms with E-state index in [0.717, 1.165) is 9.75 Å². The molecule has 1 aromatic rings. The summed E-state index contributed by atoms with van der Waals surface area (Å²) in [4.78, 5) is 2.29. The molecule has 0 aliphatic carbocycles. The first-order chi connectivity index (χ1) is 8.93. The molecule has 0 radical (unpaired) electrons. The number of hydrogen-bond donors (Lipinski definition) is 1. The van der Waals surface area contributed by atoms with Gasteiger partial charge in [0.1, 0.15) is 0 Å². The molecule has 0 amide bonds. The molecular formula is C12H22N2O3S2. The quantitative estimate of drug-likeness (QED) is 0.738. The summed E-state index contributed by atoms with van der Waals surface area (Å²) >= 11 is 1.52. The largest absolute Gasteiger partial charge is 0.385 e. The maximum absolute atomic E-state index is 12.4. The Kier molecular flexibility index (Phi) is 6.41. The minimum atomic E-state index is -3.39. The lowest BCUT2D eigenvalue weighted by atomic mass is 10.4. The Morgan fingerprint density at radius 3 is 2.74 bits per heavy atom. The Morgan fingerprint density at radius 1 is 1.47 bits per heavy atom. The first kappa shape index (κ1) is 16.6. The van der Waals surface area contributed by atoms with Crippen LogP contribution in [-0.2, 0) is 21.3 Å². The second kappa shape index (κ2) is 7.35. The minimum absolute atomic E-state index is 0.419. The number of thiophene rings is 1. The van der Waals surface area contributed by atoms with Gasteiger partial charge in [-0.15, -0.1) is 11.3 Å². The summed E-state index contributed by atoms with van der Waals surface area (Å²) in [6.45, 7) is 3.56. The maximum Gasteiger partial charge on any atom is 0.243 e. The molecule has 5 nitrogen and oxygen atoms in total. The van der Waals surface area contributed by atoms with Crippen molar-refractivity contribution in [2.24, 2.45) is 0 Å². The van der Waals surface area contributed by atoms with Crippen molar-refractivity contribution in [3.63, 3.8) is 0 Å². The third kappa shape index (κ3) is 4.25. The Morgan fingerprint density at radius 2 is 2.16 bits per heavy atom. The smallest absolute Gasteiger partial charge is 0.243 e. The highest BCUT2D eigenvalue weighted by Gasteiger charge is 2.24. The first-order valence-corrected chi connectivity index (χ1v) is 8.38. The van der Waals surface area contributed by atoms with E-state index >= 15 is 0 Å². The van der Waals surface area contributed by atoms with Gasteiger partial charge in [-0.1, -0.05) is 0 Å². The van der Waals surface area contributed by atoms with Crippen molar-refractivity contribution in [3.05, 3.63) is 15.8 Å². The fourth-order valence-corrected chi connectivity index (χ4v) is 4.58. The van der Waals surface area contributed by atoms with Crippen molar-refractivity contribution in [1.82, 2.24) is 9.62 Å². The average molecular weight is 306 g/mol. The molecule has 1 heterocycles. The van der Waals surface area contributed by atoms with E-state index in [4.69, 9.17) is 4.74 Å². The molecule has 110 valence electrons. The van der Waals surface area contributed by atoms with Gasteiger partial charge in [0.2, 0.25) is 10.0 Å². The molecule has 0 fully saturated rings. The normalized spacial score (nSPS) is 12.3. The lowest BCUT2D eigenvalue weighted by Gasteiger charge is -2.16. The minimum Gasteiger partial charge on any atom is -0.385 e. The van der Waals surface area contributed by atoms with Crippen molar-refractivity contribution in [2.45, 2.75) is 24.8 Å². The zero-order valence-electron chi connectivity index (χ0n) is 11.9. The fourth-order valence-electron chi connectivity index (χ4n) is 1.76. The SMILES string of the molecule is CNCc1cc(S(=O)(=O)N(C)CCCOC)c(C)s1. The number of methoxy groups -OCH3 is 1. The highest BCUT2D eigenvalue weighted by molar-refractivity contribution is 7.89. The molecule has 0 aromatic carbocycles. The lowest BCUT2D eigenvalue weighted by molar-refractivity contribution is 0.189. The highest BCUT2D eigenvalue weighted by atomic mass is 32.2. The van der Waals surface area contributed by atoms with E-state index < -0.39 is 10.0 Å². The van der Waals surface area contributed by atoms with Gasteiger partial charge in [0.25, 0.3) is 0 Å². The van der Waals surface area contributed by atoms with Crippen LogP contribution in [0.4, 0.5) is 0 Å². The van der Waals surface area contributed by atoms with Crippen LogP contribution in [0.1, 0.15) is 16.2 Å². The van der Waals surface area contributed by atoms with Crippen LogP contribution in [0.3, 0.4) is 0 Å². The highest BCUT2D eigenvalue weighted by Crippen LogP contribution is 2.27. The Bertz CT molecular complexity index is 497. The zero-order chi connectivity index (χ0) is 14.5. The maximum atomic E-state index is 12.4. The summed E-state index contributed by atoms with van der Waals surface area (Å²) in [6, 6.07) is 1.76. The summed E-state index contributed by atoms with van der Waals surface area (Å²) in [7, 11) is 1.68. The van der Waals surface area contributed by atoms with E-state index in [1.807, 2.05) is 14.0 Å².